The van der Waals surface area contributed by atoms with Crippen LogP contribution in [-0.2, 0) is 16.4 Å². The second-order valence-corrected chi connectivity index (χ2v) is 7.50. The van der Waals surface area contributed by atoms with Gasteiger partial charge >= 0.3 is 0 Å². The summed E-state index contributed by atoms with van der Waals surface area (Å²) in [5.74, 6) is 0. The lowest BCUT2D eigenvalue weighted by molar-refractivity contribution is 0.178. The Hall–Kier alpha value is -0.950. The molecule has 2 rings (SSSR count). The van der Waals surface area contributed by atoms with E-state index in [0.29, 0.717) is 12.5 Å². The summed E-state index contributed by atoms with van der Waals surface area (Å²) in [4.78, 5) is 2.53. The standard InChI is InChI=1S/C15H24N2O3S/c1-12-11-14(7-9-17(12)2)16-21(19,20)15-5-3-13(4-6-15)8-10-18/h3-6,12,14,16,18H,7-11H2,1-2H3. The number of hydrogen-bond acceptors (Lipinski definition) is 4. The van der Waals surface area contributed by atoms with Gasteiger partial charge in [0.1, 0.15) is 0 Å². The minimum absolute atomic E-state index is 0.00156. The predicted octanol–water partition coefficient (Wildman–Crippen LogP) is 0.982. The molecule has 1 aromatic carbocycles. The minimum atomic E-state index is -3.46. The smallest absolute Gasteiger partial charge is 0.240 e. The number of hydrogen-bond donors (Lipinski definition) is 2. The Balaban J connectivity index is 2.04. The zero-order valence-corrected chi connectivity index (χ0v) is 13.4. The van der Waals surface area contributed by atoms with Crippen LogP contribution in [0.3, 0.4) is 0 Å². The van der Waals surface area contributed by atoms with Gasteiger partial charge in [0, 0.05) is 18.7 Å². The van der Waals surface area contributed by atoms with Crippen LogP contribution >= 0.6 is 0 Å². The first kappa shape index (κ1) is 16.4. The van der Waals surface area contributed by atoms with E-state index in [1.54, 1.807) is 24.3 Å². The average molecular weight is 312 g/mol. The third kappa shape index (κ3) is 4.26. The lowest BCUT2D eigenvalue weighted by Gasteiger charge is -2.35. The van der Waals surface area contributed by atoms with Crippen LogP contribution in [0.1, 0.15) is 25.3 Å². The van der Waals surface area contributed by atoms with Crippen molar-refractivity contribution in [1.29, 1.82) is 0 Å². The summed E-state index contributed by atoms with van der Waals surface area (Å²) in [5, 5.41) is 8.88. The Kier molecular flexibility index (Phi) is 5.37. The van der Waals surface area contributed by atoms with Crippen molar-refractivity contribution in [1.82, 2.24) is 9.62 Å². The molecule has 5 nitrogen and oxygen atoms in total. The molecule has 1 aromatic rings. The second kappa shape index (κ2) is 6.87. The van der Waals surface area contributed by atoms with E-state index in [1.807, 2.05) is 0 Å². The molecule has 6 heteroatoms. The van der Waals surface area contributed by atoms with Gasteiger partial charge in [0.15, 0.2) is 0 Å². The summed E-state index contributed by atoms with van der Waals surface area (Å²) in [7, 11) is -1.40. The van der Waals surface area contributed by atoms with E-state index in [0.717, 1.165) is 24.9 Å². The highest BCUT2D eigenvalue weighted by Crippen LogP contribution is 2.18. The highest BCUT2D eigenvalue weighted by molar-refractivity contribution is 7.89. The van der Waals surface area contributed by atoms with Crippen molar-refractivity contribution in [3.05, 3.63) is 29.8 Å². The van der Waals surface area contributed by atoms with Gasteiger partial charge in [-0.1, -0.05) is 12.1 Å². The SMILES string of the molecule is CC1CC(NS(=O)(=O)c2ccc(CCO)cc2)CCN1C. The number of aliphatic hydroxyl groups is 1. The molecule has 118 valence electrons. The van der Waals surface area contributed by atoms with Crippen LogP contribution in [-0.4, -0.2) is 50.7 Å². The maximum absolute atomic E-state index is 12.4. The molecule has 1 heterocycles. The van der Waals surface area contributed by atoms with Crippen molar-refractivity contribution in [3.63, 3.8) is 0 Å². The van der Waals surface area contributed by atoms with Crippen LogP contribution in [0.25, 0.3) is 0 Å². The number of piperidine rings is 1. The predicted molar refractivity (Wildman–Crippen MR) is 82.7 cm³/mol. The van der Waals surface area contributed by atoms with Crippen LogP contribution in [0.4, 0.5) is 0 Å². The number of rotatable bonds is 5. The monoisotopic (exact) mass is 312 g/mol. The van der Waals surface area contributed by atoms with Gasteiger partial charge in [-0.05, 0) is 57.5 Å². The molecule has 0 radical (unpaired) electrons. The number of nitrogens with zero attached hydrogens (tertiary/aromatic N) is 1. The molecule has 0 aliphatic carbocycles. The molecule has 2 atom stereocenters. The van der Waals surface area contributed by atoms with Gasteiger partial charge in [0.05, 0.1) is 4.90 Å². The summed E-state index contributed by atoms with van der Waals surface area (Å²) in [6, 6.07) is 7.10. The first-order chi connectivity index (χ1) is 9.92. The van der Waals surface area contributed by atoms with Crippen molar-refractivity contribution >= 4 is 10.0 Å². The summed E-state index contributed by atoms with van der Waals surface area (Å²) in [6.45, 7) is 3.09. The van der Waals surface area contributed by atoms with E-state index in [1.165, 1.54) is 0 Å². The molecule has 0 aromatic heterocycles. The van der Waals surface area contributed by atoms with Crippen molar-refractivity contribution < 1.29 is 13.5 Å². The molecule has 1 fully saturated rings. The van der Waals surface area contributed by atoms with Crippen molar-refractivity contribution in [2.24, 2.45) is 0 Å². The number of sulfonamides is 1. The summed E-state index contributed by atoms with van der Waals surface area (Å²) in [5.41, 5.74) is 0.935. The molecule has 0 saturated carbocycles. The molecular weight excluding hydrogens is 288 g/mol. The Morgan fingerprint density at radius 3 is 2.57 bits per heavy atom. The number of benzene rings is 1. The van der Waals surface area contributed by atoms with E-state index in [4.69, 9.17) is 5.11 Å². The van der Waals surface area contributed by atoms with Gasteiger partial charge in [0.2, 0.25) is 10.0 Å². The normalized spacial score (nSPS) is 24.1. The highest BCUT2D eigenvalue weighted by Gasteiger charge is 2.26. The van der Waals surface area contributed by atoms with Gasteiger partial charge < -0.3 is 10.0 Å². The van der Waals surface area contributed by atoms with Crippen molar-refractivity contribution in [2.75, 3.05) is 20.2 Å². The summed E-state index contributed by atoms with van der Waals surface area (Å²) in [6.07, 6.45) is 2.21. The quantitative estimate of drug-likeness (QED) is 0.850. The first-order valence-corrected chi connectivity index (χ1v) is 8.83. The molecule has 0 spiro atoms. The van der Waals surface area contributed by atoms with Crippen LogP contribution < -0.4 is 4.72 Å². The molecule has 2 unspecified atom stereocenters. The fourth-order valence-electron chi connectivity index (χ4n) is 2.65. The lowest BCUT2D eigenvalue weighted by Crippen LogP contribution is -2.47. The van der Waals surface area contributed by atoms with Crippen LogP contribution in [0, 0.1) is 0 Å². The van der Waals surface area contributed by atoms with Crippen molar-refractivity contribution in [2.45, 2.75) is 43.2 Å². The Bertz CT molecular complexity index is 557. The molecule has 21 heavy (non-hydrogen) atoms. The van der Waals surface area contributed by atoms with E-state index in [-0.39, 0.29) is 17.5 Å². The molecule has 2 N–H and O–H groups in total. The Labute approximate surface area is 127 Å². The topological polar surface area (TPSA) is 69.6 Å². The number of aliphatic hydroxyl groups excluding tert-OH is 1. The number of nitrogens with one attached hydrogen (secondary N) is 1. The highest BCUT2D eigenvalue weighted by atomic mass is 32.2. The Morgan fingerprint density at radius 2 is 2.00 bits per heavy atom. The fourth-order valence-corrected chi connectivity index (χ4v) is 3.93. The van der Waals surface area contributed by atoms with E-state index < -0.39 is 10.0 Å². The molecule has 0 bridgehead atoms. The molecular formula is C15H24N2O3S. The lowest BCUT2D eigenvalue weighted by atomic mass is 10.0. The first-order valence-electron chi connectivity index (χ1n) is 7.35. The van der Waals surface area contributed by atoms with E-state index >= 15 is 0 Å². The van der Waals surface area contributed by atoms with Crippen LogP contribution in [0.15, 0.2) is 29.2 Å². The maximum atomic E-state index is 12.4. The van der Waals surface area contributed by atoms with Gasteiger partial charge in [-0.25, -0.2) is 13.1 Å². The minimum Gasteiger partial charge on any atom is -0.396 e. The van der Waals surface area contributed by atoms with E-state index in [2.05, 4.69) is 23.6 Å². The molecule has 0 amide bonds. The second-order valence-electron chi connectivity index (χ2n) is 5.79. The molecule has 1 aliphatic heterocycles. The molecule has 1 aliphatic rings. The van der Waals surface area contributed by atoms with Crippen LogP contribution in [0.5, 0.6) is 0 Å². The maximum Gasteiger partial charge on any atom is 0.240 e. The van der Waals surface area contributed by atoms with Crippen molar-refractivity contribution in [3.8, 4) is 0 Å². The zero-order chi connectivity index (χ0) is 15.5. The third-order valence-corrected chi connectivity index (χ3v) is 5.70. The fraction of sp³-hybridized carbons (Fsp3) is 0.600. The zero-order valence-electron chi connectivity index (χ0n) is 12.6. The average Bonchev–Trinajstić information content (AvgIpc) is 2.44. The molecule has 1 saturated heterocycles. The largest absolute Gasteiger partial charge is 0.396 e. The number of likely N-dealkylation sites (tertiary alicyclic amines) is 1. The summed E-state index contributed by atoms with van der Waals surface area (Å²) >= 11 is 0. The van der Waals surface area contributed by atoms with Gasteiger partial charge in [-0.15, -0.1) is 0 Å². The van der Waals surface area contributed by atoms with Gasteiger partial charge in [0.25, 0.3) is 0 Å². The summed E-state index contributed by atoms with van der Waals surface area (Å²) < 4.78 is 27.6. The van der Waals surface area contributed by atoms with Gasteiger partial charge in [-0.3, -0.25) is 0 Å². The van der Waals surface area contributed by atoms with Crippen LogP contribution in [0.2, 0.25) is 0 Å². The van der Waals surface area contributed by atoms with Gasteiger partial charge in [-0.2, -0.15) is 0 Å². The third-order valence-electron chi connectivity index (χ3n) is 4.16. The Morgan fingerprint density at radius 1 is 1.33 bits per heavy atom. The van der Waals surface area contributed by atoms with E-state index in [9.17, 15) is 8.42 Å².